The van der Waals surface area contributed by atoms with Crippen LogP contribution in [-0.4, -0.2) is 19.0 Å². The largest absolute Gasteiger partial charge is 0.467 e. The van der Waals surface area contributed by atoms with Crippen molar-refractivity contribution in [2.75, 3.05) is 7.11 Å². The lowest BCUT2D eigenvalue weighted by atomic mass is 10.0. The van der Waals surface area contributed by atoms with Crippen molar-refractivity contribution < 1.29 is 27.5 Å². The molecule has 1 atom stereocenters. The van der Waals surface area contributed by atoms with Crippen molar-refractivity contribution in [2.24, 2.45) is 0 Å². The van der Waals surface area contributed by atoms with Crippen LogP contribution in [0.4, 0.5) is 13.2 Å². The lowest BCUT2D eigenvalue weighted by Gasteiger charge is -2.18. The molecule has 0 saturated heterocycles. The number of carbonyl (C=O) groups excluding carboxylic acids is 2. The minimum atomic E-state index is -4.68. The van der Waals surface area contributed by atoms with Gasteiger partial charge in [0.1, 0.15) is 0 Å². The maximum atomic E-state index is 13.0. The van der Waals surface area contributed by atoms with E-state index in [4.69, 9.17) is 0 Å². The Kier molecular flexibility index (Phi) is 5.23. The smallest absolute Gasteiger partial charge is 0.417 e. The maximum Gasteiger partial charge on any atom is 0.417 e. The number of alkyl halides is 3. The summed E-state index contributed by atoms with van der Waals surface area (Å²) in [7, 11) is 1.13. The van der Waals surface area contributed by atoms with Gasteiger partial charge in [0, 0.05) is 0 Å². The molecule has 24 heavy (non-hydrogen) atoms. The zero-order valence-corrected chi connectivity index (χ0v) is 12.6. The summed E-state index contributed by atoms with van der Waals surface area (Å²) in [6, 6.07) is 11.3. The standard InChI is InChI=1S/C17H14F3NO3/c1-24-16(23)14(11-7-3-2-4-8-11)21-15(22)12-9-5-6-10-13(12)17(18,19)20/h2-10,14H,1H3,(H,21,22)/t14-/m0/s1. The van der Waals surface area contributed by atoms with Crippen LogP contribution in [0, 0.1) is 0 Å². The highest BCUT2D eigenvalue weighted by Crippen LogP contribution is 2.32. The summed E-state index contributed by atoms with van der Waals surface area (Å²) in [5, 5.41) is 2.30. The van der Waals surface area contributed by atoms with Crippen LogP contribution in [0.15, 0.2) is 54.6 Å². The van der Waals surface area contributed by atoms with E-state index >= 15 is 0 Å². The van der Waals surface area contributed by atoms with Gasteiger partial charge >= 0.3 is 12.1 Å². The van der Waals surface area contributed by atoms with E-state index in [1.165, 1.54) is 12.1 Å². The highest BCUT2D eigenvalue weighted by Gasteiger charge is 2.35. The molecule has 0 aliphatic carbocycles. The molecule has 0 radical (unpaired) electrons. The van der Waals surface area contributed by atoms with Crippen molar-refractivity contribution in [3.8, 4) is 0 Å². The predicted octanol–water partition coefficient (Wildman–Crippen LogP) is 3.35. The van der Waals surface area contributed by atoms with Gasteiger partial charge < -0.3 is 10.1 Å². The van der Waals surface area contributed by atoms with Crippen LogP contribution in [0.5, 0.6) is 0 Å². The first-order chi connectivity index (χ1) is 11.3. The fraction of sp³-hybridized carbons (Fsp3) is 0.176. The molecule has 126 valence electrons. The van der Waals surface area contributed by atoms with E-state index in [0.717, 1.165) is 19.2 Å². The Labute approximate surface area is 136 Å². The van der Waals surface area contributed by atoms with E-state index in [0.29, 0.717) is 5.56 Å². The second-order valence-corrected chi connectivity index (χ2v) is 4.88. The lowest BCUT2D eigenvalue weighted by Crippen LogP contribution is -2.35. The first kappa shape index (κ1) is 17.5. The van der Waals surface area contributed by atoms with E-state index in [1.807, 2.05) is 0 Å². The average molecular weight is 337 g/mol. The van der Waals surface area contributed by atoms with Crippen molar-refractivity contribution >= 4 is 11.9 Å². The van der Waals surface area contributed by atoms with E-state index in [1.54, 1.807) is 30.3 Å². The number of rotatable bonds is 4. The molecule has 1 N–H and O–H groups in total. The summed E-state index contributed by atoms with van der Waals surface area (Å²) in [6.45, 7) is 0. The van der Waals surface area contributed by atoms with Gasteiger partial charge in [0.25, 0.3) is 5.91 Å². The number of carbonyl (C=O) groups is 2. The Hall–Kier alpha value is -2.83. The number of ether oxygens (including phenoxy) is 1. The Morgan fingerprint density at radius 2 is 1.58 bits per heavy atom. The van der Waals surface area contributed by atoms with Gasteiger partial charge in [-0.25, -0.2) is 4.79 Å². The van der Waals surface area contributed by atoms with Gasteiger partial charge in [0.2, 0.25) is 0 Å². The third-order valence-corrected chi connectivity index (χ3v) is 3.32. The van der Waals surface area contributed by atoms with Gasteiger partial charge in [-0.15, -0.1) is 0 Å². The summed E-state index contributed by atoms with van der Waals surface area (Å²) in [6.07, 6.45) is -4.68. The molecule has 1 amide bonds. The topological polar surface area (TPSA) is 55.4 Å². The number of amides is 1. The van der Waals surface area contributed by atoms with Crippen LogP contribution in [0.1, 0.15) is 27.5 Å². The van der Waals surface area contributed by atoms with Crippen LogP contribution >= 0.6 is 0 Å². The normalized spacial score (nSPS) is 12.3. The summed E-state index contributed by atoms with van der Waals surface area (Å²) in [5.74, 6) is -1.79. The highest BCUT2D eigenvalue weighted by atomic mass is 19.4. The predicted molar refractivity (Wildman–Crippen MR) is 80.1 cm³/mol. The number of benzene rings is 2. The molecule has 7 heteroatoms. The number of esters is 1. The summed E-state index contributed by atoms with van der Waals surface area (Å²) >= 11 is 0. The molecular weight excluding hydrogens is 323 g/mol. The van der Waals surface area contributed by atoms with Crippen molar-refractivity contribution in [3.05, 3.63) is 71.3 Å². The van der Waals surface area contributed by atoms with Crippen LogP contribution in [0.25, 0.3) is 0 Å². The summed E-state index contributed by atoms with van der Waals surface area (Å²) in [5.41, 5.74) is -1.23. The second-order valence-electron chi connectivity index (χ2n) is 4.88. The molecule has 0 aliphatic rings. The zero-order valence-electron chi connectivity index (χ0n) is 12.6. The van der Waals surface area contributed by atoms with Gasteiger partial charge in [-0.2, -0.15) is 13.2 Å². The van der Waals surface area contributed by atoms with Crippen molar-refractivity contribution in [3.63, 3.8) is 0 Å². The maximum absolute atomic E-state index is 13.0. The van der Waals surface area contributed by atoms with Crippen molar-refractivity contribution in [1.82, 2.24) is 5.32 Å². The molecule has 0 spiro atoms. The fourth-order valence-corrected chi connectivity index (χ4v) is 2.18. The molecule has 0 heterocycles. The van der Waals surface area contributed by atoms with Crippen LogP contribution in [-0.2, 0) is 15.7 Å². The molecule has 0 unspecified atom stereocenters. The molecule has 0 bridgehead atoms. The minimum Gasteiger partial charge on any atom is -0.467 e. The Morgan fingerprint density at radius 1 is 1.00 bits per heavy atom. The summed E-state index contributed by atoms with van der Waals surface area (Å²) in [4.78, 5) is 24.2. The molecule has 2 aromatic carbocycles. The molecule has 0 aliphatic heterocycles. The Morgan fingerprint density at radius 3 is 2.17 bits per heavy atom. The number of methoxy groups -OCH3 is 1. The molecule has 2 aromatic rings. The van der Waals surface area contributed by atoms with Crippen molar-refractivity contribution in [2.45, 2.75) is 12.2 Å². The zero-order chi connectivity index (χ0) is 17.7. The van der Waals surface area contributed by atoms with E-state index in [2.05, 4.69) is 10.1 Å². The molecule has 4 nitrogen and oxygen atoms in total. The van der Waals surface area contributed by atoms with E-state index in [-0.39, 0.29) is 0 Å². The molecule has 0 aromatic heterocycles. The van der Waals surface area contributed by atoms with Crippen LogP contribution in [0.2, 0.25) is 0 Å². The first-order valence-corrected chi connectivity index (χ1v) is 6.94. The SMILES string of the molecule is COC(=O)[C@@H](NC(=O)c1ccccc1C(F)(F)F)c1ccccc1. The van der Waals surface area contributed by atoms with Crippen LogP contribution in [0.3, 0.4) is 0 Å². The minimum absolute atomic E-state index is 0.405. The number of nitrogens with one attached hydrogen (secondary N) is 1. The van der Waals surface area contributed by atoms with E-state index in [9.17, 15) is 22.8 Å². The highest BCUT2D eigenvalue weighted by molar-refractivity contribution is 5.98. The molecule has 0 saturated carbocycles. The van der Waals surface area contributed by atoms with Gasteiger partial charge in [0.15, 0.2) is 6.04 Å². The number of hydrogen-bond acceptors (Lipinski definition) is 3. The quantitative estimate of drug-likeness (QED) is 0.871. The third-order valence-electron chi connectivity index (χ3n) is 3.32. The second kappa shape index (κ2) is 7.16. The lowest BCUT2D eigenvalue weighted by molar-refractivity contribution is -0.143. The third kappa shape index (κ3) is 3.92. The Bertz CT molecular complexity index is 729. The van der Waals surface area contributed by atoms with E-state index < -0.39 is 35.2 Å². The van der Waals surface area contributed by atoms with Gasteiger partial charge in [-0.1, -0.05) is 42.5 Å². The van der Waals surface area contributed by atoms with Crippen molar-refractivity contribution in [1.29, 1.82) is 0 Å². The van der Waals surface area contributed by atoms with Crippen LogP contribution < -0.4 is 5.32 Å². The monoisotopic (exact) mass is 337 g/mol. The number of halogens is 3. The molecule has 0 fully saturated rings. The van der Waals surface area contributed by atoms with Gasteiger partial charge in [-0.3, -0.25) is 4.79 Å². The van der Waals surface area contributed by atoms with Gasteiger partial charge in [-0.05, 0) is 17.7 Å². The first-order valence-electron chi connectivity index (χ1n) is 6.94. The summed E-state index contributed by atoms with van der Waals surface area (Å²) < 4.78 is 43.7. The fourth-order valence-electron chi connectivity index (χ4n) is 2.18. The Balaban J connectivity index is 2.35. The number of hydrogen-bond donors (Lipinski definition) is 1. The average Bonchev–Trinajstić information content (AvgIpc) is 2.58. The van der Waals surface area contributed by atoms with Gasteiger partial charge in [0.05, 0.1) is 18.2 Å². The molecule has 2 rings (SSSR count). The molecular formula is C17H14F3NO3.